The van der Waals surface area contributed by atoms with Crippen LogP contribution in [-0.2, 0) is 11.8 Å². The zero-order valence-corrected chi connectivity index (χ0v) is 27.3. The van der Waals surface area contributed by atoms with E-state index >= 15 is 17.6 Å². The summed E-state index contributed by atoms with van der Waals surface area (Å²) in [7, 11) is 0. The molecular formula is C32H18F4S6. The Bertz CT molecular complexity index is 2090. The van der Waals surface area contributed by atoms with Crippen molar-refractivity contribution in [1.29, 1.82) is 0 Å². The molecule has 2 aliphatic rings. The molecule has 7 aromatic rings. The maximum atomic E-state index is 16.4. The van der Waals surface area contributed by atoms with Crippen molar-refractivity contribution >= 4 is 86.8 Å². The Kier molecular flexibility index (Phi) is 5.11. The molecule has 0 saturated carbocycles. The lowest BCUT2D eigenvalue weighted by Crippen LogP contribution is -2.16. The topological polar surface area (TPSA) is 0 Å². The summed E-state index contributed by atoms with van der Waals surface area (Å²) in [6.45, 7) is 7.32. The van der Waals surface area contributed by atoms with E-state index in [0.29, 0.717) is 20.9 Å². The van der Waals surface area contributed by atoms with E-state index in [1.165, 1.54) is 32.4 Å². The quantitative estimate of drug-likeness (QED) is 0.161. The molecule has 0 N–H and O–H groups in total. The summed E-state index contributed by atoms with van der Waals surface area (Å²) in [5.74, 6) is -6.52. The molecule has 0 aliphatic heterocycles. The summed E-state index contributed by atoms with van der Waals surface area (Å²) >= 11 is 9.14. The van der Waals surface area contributed by atoms with Crippen LogP contribution in [0.15, 0.2) is 36.4 Å². The van der Waals surface area contributed by atoms with Gasteiger partial charge in [0.1, 0.15) is 0 Å². The minimum absolute atomic E-state index is 0.0651. The van der Waals surface area contributed by atoms with Gasteiger partial charge < -0.3 is 0 Å². The lowest BCUT2D eigenvalue weighted by atomic mass is 9.88. The van der Waals surface area contributed by atoms with E-state index in [0.717, 1.165) is 38.3 Å². The molecule has 210 valence electrons. The van der Waals surface area contributed by atoms with Gasteiger partial charge >= 0.3 is 11.8 Å². The van der Waals surface area contributed by atoms with E-state index < -0.39 is 11.8 Å². The number of thiophene rings is 6. The molecule has 10 heteroatoms. The lowest BCUT2D eigenvalue weighted by molar-refractivity contribution is 0.0444. The van der Waals surface area contributed by atoms with E-state index in [9.17, 15) is 0 Å². The molecule has 6 aromatic heterocycles. The first-order valence-electron chi connectivity index (χ1n) is 13.2. The van der Waals surface area contributed by atoms with Crippen LogP contribution in [-0.4, -0.2) is 0 Å². The molecule has 0 unspecified atom stereocenters. The first-order chi connectivity index (χ1) is 19.9. The molecule has 0 nitrogen and oxygen atoms in total. The van der Waals surface area contributed by atoms with Crippen molar-refractivity contribution in [3.05, 3.63) is 79.5 Å². The standard InChI is InChI=1S/C32H18F4S6/c1-11-5-17-21(37-11)9-23(39-17)19-7-15-29(41-19)25-13(3)28-26(14(4)27(25)31(15,33)34)30-16(32(28,35)36)8-20(42-30)24-10-22-18(40-24)6-12(2)38-22/h5-10H,1-4H3. The number of halogens is 4. The third-order valence-corrected chi connectivity index (χ3v) is 15.5. The summed E-state index contributed by atoms with van der Waals surface area (Å²) in [6, 6.07) is 11.5. The van der Waals surface area contributed by atoms with Gasteiger partial charge in [0.05, 0.1) is 0 Å². The molecule has 6 heterocycles. The highest BCUT2D eigenvalue weighted by Crippen LogP contribution is 2.65. The summed E-state index contributed by atoms with van der Waals surface area (Å²) in [4.78, 5) is 6.65. The van der Waals surface area contributed by atoms with Crippen LogP contribution >= 0.6 is 68.0 Å². The zero-order valence-electron chi connectivity index (χ0n) is 22.4. The SMILES string of the molecule is Cc1cc2sc(-c3cc4c(s3)-c3c(C)c5c(c(C)c3C4(F)F)-c3sc(-c4cc6sc(C)cc6s4)cc3C5(F)F)cc2s1. The number of benzene rings is 1. The van der Waals surface area contributed by atoms with Crippen molar-refractivity contribution in [3.63, 3.8) is 0 Å². The highest BCUT2D eigenvalue weighted by atomic mass is 32.1. The normalized spacial score (nSPS) is 16.0. The number of hydrogen-bond donors (Lipinski definition) is 0. The average Bonchev–Trinajstić information content (AvgIpc) is 3.71. The molecule has 0 spiro atoms. The van der Waals surface area contributed by atoms with E-state index in [2.05, 4.69) is 38.1 Å². The van der Waals surface area contributed by atoms with Crippen molar-refractivity contribution in [2.75, 3.05) is 0 Å². The van der Waals surface area contributed by atoms with Gasteiger partial charge in [-0.3, -0.25) is 0 Å². The predicted molar refractivity (Wildman–Crippen MR) is 175 cm³/mol. The van der Waals surface area contributed by atoms with E-state index in [-0.39, 0.29) is 33.4 Å². The van der Waals surface area contributed by atoms with Crippen molar-refractivity contribution < 1.29 is 17.6 Å². The van der Waals surface area contributed by atoms with Gasteiger partial charge in [0.15, 0.2) is 0 Å². The fraction of sp³-hybridized carbons (Fsp3) is 0.188. The van der Waals surface area contributed by atoms with Crippen LogP contribution < -0.4 is 0 Å². The van der Waals surface area contributed by atoms with Crippen LogP contribution in [0.4, 0.5) is 17.6 Å². The minimum atomic E-state index is -3.26. The van der Waals surface area contributed by atoms with Gasteiger partial charge in [0.2, 0.25) is 0 Å². The smallest absolute Gasteiger partial charge is 0.196 e. The van der Waals surface area contributed by atoms with E-state index in [4.69, 9.17) is 0 Å². The number of alkyl halides is 4. The molecule has 42 heavy (non-hydrogen) atoms. The molecule has 0 bridgehead atoms. The van der Waals surface area contributed by atoms with Crippen molar-refractivity contribution in [2.24, 2.45) is 0 Å². The highest BCUT2D eigenvalue weighted by molar-refractivity contribution is 7.32. The van der Waals surface area contributed by atoms with Crippen LogP contribution in [0.3, 0.4) is 0 Å². The molecule has 0 amide bonds. The molecule has 0 radical (unpaired) electrons. The Morgan fingerprint density at radius 3 is 1.19 bits per heavy atom. The second-order valence-electron chi connectivity index (χ2n) is 11.0. The van der Waals surface area contributed by atoms with Gasteiger partial charge in [-0.2, -0.15) is 17.6 Å². The van der Waals surface area contributed by atoms with Gasteiger partial charge in [-0.05, 0) is 75.2 Å². The fourth-order valence-electron chi connectivity index (χ4n) is 6.64. The molecule has 0 fully saturated rings. The molecule has 2 aliphatic carbocycles. The third-order valence-electron chi connectivity index (χ3n) is 8.37. The van der Waals surface area contributed by atoms with E-state index in [1.54, 1.807) is 71.3 Å². The molecular weight excluding hydrogens is 653 g/mol. The predicted octanol–water partition coefficient (Wildman–Crippen LogP) is 13.2. The number of fused-ring (bicyclic) bond motifs is 8. The van der Waals surface area contributed by atoms with Crippen molar-refractivity contribution in [1.82, 2.24) is 0 Å². The monoisotopic (exact) mass is 670 g/mol. The Hall–Kier alpha value is -2.34. The Labute approximate surface area is 262 Å². The van der Waals surface area contributed by atoms with Gasteiger partial charge in [-0.25, -0.2) is 0 Å². The second-order valence-corrected chi connectivity index (χ2v) is 17.8. The zero-order chi connectivity index (χ0) is 29.0. The van der Waals surface area contributed by atoms with Gasteiger partial charge in [-0.15, -0.1) is 68.0 Å². The number of rotatable bonds is 2. The van der Waals surface area contributed by atoms with E-state index in [1.807, 2.05) is 0 Å². The highest BCUT2D eigenvalue weighted by Gasteiger charge is 2.55. The average molecular weight is 671 g/mol. The maximum Gasteiger partial charge on any atom is 0.300 e. The van der Waals surface area contributed by atoms with Crippen molar-refractivity contribution in [2.45, 2.75) is 39.5 Å². The molecule has 1 aromatic carbocycles. The van der Waals surface area contributed by atoms with Gasteiger partial charge in [0, 0.05) is 91.2 Å². The largest absolute Gasteiger partial charge is 0.300 e. The molecule has 0 saturated heterocycles. The van der Waals surface area contributed by atoms with Gasteiger partial charge in [0.25, 0.3) is 0 Å². The summed E-state index contributed by atoms with van der Waals surface area (Å²) < 4.78 is 70.0. The molecule has 9 rings (SSSR count). The molecule has 0 atom stereocenters. The van der Waals surface area contributed by atoms with Crippen LogP contribution in [0.5, 0.6) is 0 Å². The first kappa shape index (κ1) is 26.1. The summed E-state index contributed by atoms with van der Waals surface area (Å²) in [5.41, 5.74) is 0.764. The van der Waals surface area contributed by atoms with Crippen LogP contribution in [0.1, 0.15) is 43.1 Å². The Morgan fingerprint density at radius 2 is 0.810 bits per heavy atom. The van der Waals surface area contributed by atoms with Crippen LogP contribution in [0.2, 0.25) is 0 Å². The minimum Gasteiger partial charge on any atom is -0.196 e. The van der Waals surface area contributed by atoms with Crippen molar-refractivity contribution in [3.8, 4) is 40.4 Å². The second kappa shape index (κ2) is 8.22. The maximum absolute atomic E-state index is 16.4. The summed E-state index contributed by atoms with van der Waals surface area (Å²) in [6.07, 6.45) is 0. The van der Waals surface area contributed by atoms with Crippen LogP contribution in [0, 0.1) is 27.7 Å². The van der Waals surface area contributed by atoms with Gasteiger partial charge in [-0.1, -0.05) is 0 Å². The lowest BCUT2D eigenvalue weighted by Gasteiger charge is -2.22. The number of aryl methyl sites for hydroxylation is 2. The third kappa shape index (κ3) is 3.21. The number of hydrogen-bond acceptors (Lipinski definition) is 6. The summed E-state index contributed by atoms with van der Waals surface area (Å²) in [5, 5.41) is 0. The Morgan fingerprint density at radius 1 is 0.452 bits per heavy atom. The first-order valence-corrected chi connectivity index (χ1v) is 18.1. The fourth-order valence-corrected chi connectivity index (χ4v) is 14.0. The van der Waals surface area contributed by atoms with Crippen LogP contribution in [0.25, 0.3) is 59.2 Å². The Balaban J connectivity index is 1.23.